The molecule has 1 amide bonds. The molecule has 2 aromatic rings. The van der Waals surface area contributed by atoms with Crippen molar-refractivity contribution in [2.45, 2.75) is 6.29 Å². The van der Waals surface area contributed by atoms with E-state index >= 15 is 0 Å². The Kier molecular flexibility index (Phi) is 3.13. The van der Waals surface area contributed by atoms with Gasteiger partial charge in [-0.2, -0.15) is 0 Å². The summed E-state index contributed by atoms with van der Waals surface area (Å²) in [6.45, 7) is 0. The van der Waals surface area contributed by atoms with Gasteiger partial charge in [0.15, 0.2) is 11.5 Å². The van der Waals surface area contributed by atoms with E-state index in [9.17, 15) is 13.6 Å². The molecule has 1 aliphatic rings. The molecule has 108 valence electrons. The number of alkyl halides is 2. The average Bonchev–Trinajstić information content (AvgIpc) is 2.72. The first-order chi connectivity index (χ1) is 9.93. The summed E-state index contributed by atoms with van der Waals surface area (Å²) in [5, 5.41) is 2.71. The van der Waals surface area contributed by atoms with Gasteiger partial charge in [0, 0.05) is 23.5 Å². The van der Waals surface area contributed by atoms with E-state index in [0.29, 0.717) is 0 Å². The number of aromatic nitrogens is 1. The van der Waals surface area contributed by atoms with Crippen LogP contribution in [0.15, 0.2) is 36.5 Å². The van der Waals surface area contributed by atoms with Crippen molar-refractivity contribution in [1.82, 2.24) is 4.98 Å². The highest BCUT2D eigenvalue weighted by Crippen LogP contribution is 2.42. The molecule has 0 spiro atoms. The summed E-state index contributed by atoms with van der Waals surface area (Å²) in [5.41, 5.74) is 0.575. The quantitative estimate of drug-likeness (QED) is 0.864. The Bertz CT molecular complexity index is 724. The number of rotatable bonds is 2. The van der Waals surface area contributed by atoms with Crippen LogP contribution in [0.5, 0.6) is 11.5 Å². The van der Waals surface area contributed by atoms with Crippen LogP contribution in [0.2, 0.25) is 5.15 Å². The van der Waals surface area contributed by atoms with Gasteiger partial charge in [-0.25, -0.2) is 4.98 Å². The number of amides is 1. The Hall–Kier alpha value is -2.41. The summed E-state index contributed by atoms with van der Waals surface area (Å²) in [5.74, 6) is -0.694. The Morgan fingerprint density at radius 1 is 1.19 bits per heavy atom. The fourth-order valence-electron chi connectivity index (χ4n) is 1.77. The maximum absolute atomic E-state index is 12.9. The molecule has 21 heavy (non-hydrogen) atoms. The molecule has 0 bridgehead atoms. The molecule has 1 aliphatic heterocycles. The van der Waals surface area contributed by atoms with Crippen molar-refractivity contribution in [3.05, 3.63) is 47.2 Å². The van der Waals surface area contributed by atoms with Gasteiger partial charge in [-0.05, 0) is 24.3 Å². The van der Waals surface area contributed by atoms with Crippen molar-refractivity contribution < 1.29 is 23.0 Å². The van der Waals surface area contributed by atoms with Crippen molar-refractivity contribution in [3.8, 4) is 11.5 Å². The number of anilines is 1. The van der Waals surface area contributed by atoms with Gasteiger partial charge in [0.05, 0.1) is 0 Å². The first kappa shape index (κ1) is 13.6. The minimum absolute atomic E-state index is 0.0926. The summed E-state index contributed by atoms with van der Waals surface area (Å²) in [7, 11) is 0. The van der Waals surface area contributed by atoms with Crippen LogP contribution in [-0.2, 0) is 0 Å². The van der Waals surface area contributed by atoms with Crippen LogP contribution in [0, 0.1) is 0 Å². The zero-order chi connectivity index (χ0) is 15.0. The van der Waals surface area contributed by atoms with Gasteiger partial charge in [-0.3, -0.25) is 4.79 Å². The van der Waals surface area contributed by atoms with Crippen LogP contribution < -0.4 is 14.8 Å². The number of nitrogens with zero attached hydrogens (tertiary/aromatic N) is 1. The van der Waals surface area contributed by atoms with Gasteiger partial charge >= 0.3 is 6.29 Å². The summed E-state index contributed by atoms with van der Waals surface area (Å²) in [4.78, 5) is 15.7. The molecular formula is C13H7ClF2N2O3. The van der Waals surface area contributed by atoms with E-state index in [1.807, 2.05) is 0 Å². The van der Waals surface area contributed by atoms with E-state index in [2.05, 4.69) is 19.8 Å². The minimum atomic E-state index is -3.69. The zero-order valence-corrected chi connectivity index (χ0v) is 11.0. The Labute approximate surface area is 122 Å². The van der Waals surface area contributed by atoms with Gasteiger partial charge in [0.1, 0.15) is 5.15 Å². The van der Waals surface area contributed by atoms with Crippen molar-refractivity contribution in [2.24, 2.45) is 0 Å². The number of halogens is 3. The molecule has 8 heteroatoms. The smallest absolute Gasteiger partial charge is 0.395 e. The van der Waals surface area contributed by atoms with Crippen molar-refractivity contribution in [3.63, 3.8) is 0 Å². The third-order valence-electron chi connectivity index (χ3n) is 2.65. The standard InChI is InChI=1S/C13H7ClF2N2O3/c14-11-5-7(3-4-17-11)12(19)18-8-1-2-9-10(6-8)21-13(15,16)20-9/h1-6H,(H,18,19). The van der Waals surface area contributed by atoms with E-state index in [1.54, 1.807) is 0 Å². The number of fused-ring (bicyclic) bond motifs is 1. The molecule has 0 fully saturated rings. The SMILES string of the molecule is O=C(Nc1ccc2c(c1)OC(F)(F)O2)c1ccnc(Cl)c1. The first-order valence-corrected chi connectivity index (χ1v) is 6.13. The number of hydrogen-bond acceptors (Lipinski definition) is 4. The Morgan fingerprint density at radius 2 is 1.95 bits per heavy atom. The predicted octanol–water partition coefficient (Wildman–Crippen LogP) is 3.31. The average molecular weight is 313 g/mol. The molecule has 3 rings (SSSR count). The van der Waals surface area contributed by atoms with Crippen LogP contribution in [-0.4, -0.2) is 17.2 Å². The van der Waals surface area contributed by atoms with Gasteiger partial charge in [-0.1, -0.05) is 11.6 Å². The summed E-state index contributed by atoms with van der Waals surface area (Å²) in [6.07, 6.45) is -2.30. The van der Waals surface area contributed by atoms with Gasteiger partial charge in [0.25, 0.3) is 5.91 Å². The number of hydrogen-bond donors (Lipinski definition) is 1. The zero-order valence-electron chi connectivity index (χ0n) is 10.3. The van der Waals surface area contributed by atoms with E-state index in [-0.39, 0.29) is 27.9 Å². The lowest BCUT2D eigenvalue weighted by Gasteiger charge is -2.06. The Morgan fingerprint density at radius 3 is 2.71 bits per heavy atom. The molecule has 2 heterocycles. The van der Waals surface area contributed by atoms with Crippen molar-refractivity contribution in [1.29, 1.82) is 0 Å². The second-order valence-corrected chi connectivity index (χ2v) is 4.54. The fraction of sp³-hybridized carbons (Fsp3) is 0.0769. The van der Waals surface area contributed by atoms with Crippen LogP contribution in [0.3, 0.4) is 0 Å². The van der Waals surface area contributed by atoms with Crippen LogP contribution in [0.1, 0.15) is 10.4 Å². The van der Waals surface area contributed by atoms with Crippen LogP contribution >= 0.6 is 11.6 Å². The second-order valence-electron chi connectivity index (χ2n) is 4.15. The number of carbonyl (C=O) groups excluding carboxylic acids is 1. The van der Waals surface area contributed by atoms with Crippen LogP contribution in [0.25, 0.3) is 0 Å². The molecule has 0 saturated heterocycles. The minimum Gasteiger partial charge on any atom is -0.395 e. The second kappa shape index (κ2) is 4.85. The van der Waals surface area contributed by atoms with E-state index in [0.717, 1.165) is 0 Å². The first-order valence-electron chi connectivity index (χ1n) is 5.76. The molecule has 5 nitrogen and oxygen atoms in total. The van der Waals surface area contributed by atoms with Gasteiger partial charge < -0.3 is 14.8 Å². The topological polar surface area (TPSA) is 60.5 Å². The number of carbonyl (C=O) groups is 1. The third-order valence-corrected chi connectivity index (χ3v) is 2.85. The molecule has 1 N–H and O–H groups in total. The number of pyridine rings is 1. The molecule has 0 atom stereocenters. The van der Waals surface area contributed by atoms with E-state index < -0.39 is 12.2 Å². The molecular weight excluding hydrogens is 306 g/mol. The van der Waals surface area contributed by atoms with Crippen LogP contribution in [0.4, 0.5) is 14.5 Å². The maximum Gasteiger partial charge on any atom is 0.586 e. The van der Waals surface area contributed by atoms with Crippen molar-refractivity contribution >= 4 is 23.2 Å². The fourth-order valence-corrected chi connectivity index (χ4v) is 1.95. The van der Waals surface area contributed by atoms with Crippen molar-refractivity contribution in [2.75, 3.05) is 5.32 Å². The molecule has 1 aromatic heterocycles. The summed E-state index contributed by atoms with van der Waals surface area (Å²) >= 11 is 5.69. The molecule has 0 radical (unpaired) electrons. The largest absolute Gasteiger partial charge is 0.586 e. The maximum atomic E-state index is 12.9. The highest BCUT2D eigenvalue weighted by Gasteiger charge is 2.43. The highest BCUT2D eigenvalue weighted by molar-refractivity contribution is 6.29. The van der Waals surface area contributed by atoms with Gasteiger partial charge in [-0.15, -0.1) is 8.78 Å². The van der Waals surface area contributed by atoms with E-state index in [1.165, 1.54) is 36.5 Å². The number of benzene rings is 1. The molecule has 0 saturated carbocycles. The highest BCUT2D eigenvalue weighted by atomic mass is 35.5. The summed E-state index contributed by atoms with van der Waals surface area (Å²) < 4.78 is 34.3. The number of ether oxygens (including phenoxy) is 2. The predicted molar refractivity (Wildman–Crippen MR) is 69.8 cm³/mol. The lowest BCUT2D eigenvalue weighted by Crippen LogP contribution is -2.25. The van der Waals surface area contributed by atoms with E-state index in [4.69, 9.17) is 11.6 Å². The molecule has 1 aromatic carbocycles. The third kappa shape index (κ3) is 2.87. The van der Waals surface area contributed by atoms with Gasteiger partial charge in [0.2, 0.25) is 0 Å². The Balaban J connectivity index is 1.79. The lowest BCUT2D eigenvalue weighted by molar-refractivity contribution is -0.286. The summed E-state index contributed by atoms with van der Waals surface area (Å²) in [6, 6.07) is 6.81. The molecule has 0 unspecified atom stereocenters. The number of nitrogens with one attached hydrogen (secondary N) is 1. The lowest BCUT2D eigenvalue weighted by atomic mass is 10.2. The monoisotopic (exact) mass is 312 g/mol. The normalized spacial score (nSPS) is 14.8. The molecule has 0 aliphatic carbocycles.